The highest BCUT2D eigenvalue weighted by Crippen LogP contribution is 2.42. The van der Waals surface area contributed by atoms with Gasteiger partial charge in [-0.1, -0.05) is 61.8 Å². The number of hydrogen-bond donors (Lipinski definition) is 0. The summed E-state index contributed by atoms with van der Waals surface area (Å²) in [7, 11) is 0. The van der Waals surface area contributed by atoms with Crippen molar-refractivity contribution in [2.45, 2.75) is 103 Å². The Morgan fingerprint density at radius 3 is 1.50 bits per heavy atom. The van der Waals surface area contributed by atoms with Gasteiger partial charge in [0, 0.05) is 51.1 Å². The SMILES string of the molecule is CCC1CCCCN1C(=O)CCCN1C(=O)/C(=C2\SC(=S)N(CCCC(=O)N3CCCCC3CC)C2=O)SC1=S. The molecule has 2 unspecified atom stereocenters. The standard InChI is InChI=1S/C28H40N4O4S4/c1-3-19-11-5-7-15-29(19)21(33)13-9-17-31-25(35)23(39-27(31)37)24-26(36)32(28(38)40-24)18-10-14-22(34)30-16-8-6-12-20(30)4-2/h19-20H,3-18H2,1-2H3/b24-23+. The molecular formula is C28H40N4O4S4. The predicted molar refractivity (Wildman–Crippen MR) is 169 cm³/mol. The molecule has 4 rings (SSSR count). The minimum absolute atomic E-state index is 0.141. The molecule has 0 aliphatic carbocycles. The fourth-order valence-electron chi connectivity index (χ4n) is 6.03. The molecule has 4 aliphatic rings. The van der Waals surface area contributed by atoms with Crippen molar-refractivity contribution in [1.29, 1.82) is 0 Å². The quantitative estimate of drug-likeness (QED) is 0.247. The average molecular weight is 625 g/mol. The van der Waals surface area contributed by atoms with Gasteiger partial charge in [0.25, 0.3) is 11.8 Å². The van der Waals surface area contributed by atoms with Crippen LogP contribution >= 0.6 is 48.0 Å². The molecular weight excluding hydrogens is 585 g/mol. The molecule has 4 aliphatic heterocycles. The van der Waals surface area contributed by atoms with E-state index in [2.05, 4.69) is 13.8 Å². The molecule has 220 valence electrons. The fourth-order valence-corrected chi connectivity index (χ4v) is 8.80. The van der Waals surface area contributed by atoms with Gasteiger partial charge in [-0.25, -0.2) is 0 Å². The molecule has 0 spiro atoms. The smallest absolute Gasteiger partial charge is 0.267 e. The molecule has 0 aromatic carbocycles. The minimum atomic E-state index is -0.293. The Kier molecular flexibility index (Phi) is 11.5. The molecule has 2 atom stereocenters. The maximum atomic E-state index is 13.3. The van der Waals surface area contributed by atoms with E-state index >= 15 is 0 Å². The molecule has 8 nitrogen and oxygen atoms in total. The van der Waals surface area contributed by atoms with Crippen LogP contribution in [-0.2, 0) is 19.2 Å². The second kappa shape index (κ2) is 14.6. The van der Waals surface area contributed by atoms with E-state index in [1.807, 2.05) is 9.80 Å². The molecule has 40 heavy (non-hydrogen) atoms. The molecule has 4 saturated heterocycles. The summed E-state index contributed by atoms with van der Waals surface area (Å²) in [5.74, 6) is -0.305. The summed E-state index contributed by atoms with van der Waals surface area (Å²) in [4.78, 5) is 59.8. The Morgan fingerprint density at radius 1 is 0.725 bits per heavy atom. The lowest BCUT2D eigenvalue weighted by Gasteiger charge is -2.35. The molecule has 4 amide bonds. The van der Waals surface area contributed by atoms with Crippen LogP contribution in [0.1, 0.15) is 90.9 Å². The van der Waals surface area contributed by atoms with E-state index in [1.165, 1.54) is 22.6 Å². The van der Waals surface area contributed by atoms with Crippen molar-refractivity contribution in [3.63, 3.8) is 0 Å². The lowest BCUT2D eigenvalue weighted by molar-refractivity contribution is -0.136. The highest BCUT2D eigenvalue weighted by molar-refractivity contribution is 8.29. The maximum Gasteiger partial charge on any atom is 0.267 e. The molecule has 0 saturated carbocycles. The predicted octanol–water partition coefficient (Wildman–Crippen LogP) is 5.06. The van der Waals surface area contributed by atoms with E-state index in [0.717, 1.165) is 75.1 Å². The van der Waals surface area contributed by atoms with Crippen LogP contribution < -0.4 is 0 Å². The van der Waals surface area contributed by atoms with E-state index in [1.54, 1.807) is 0 Å². The first-order valence-electron chi connectivity index (χ1n) is 14.7. The fraction of sp³-hybridized carbons (Fsp3) is 0.714. The zero-order valence-corrected chi connectivity index (χ0v) is 26.8. The Hall–Kier alpha value is -1.50. The van der Waals surface area contributed by atoms with Gasteiger partial charge in [0.1, 0.15) is 8.64 Å². The molecule has 0 radical (unpaired) electrons. The molecule has 4 fully saturated rings. The number of carbonyl (C=O) groups excluding carboxylic acids is 4. The number of thioether (sulfide) groups is 2. The molecule has 0 bridgehead atoms. The number of likely N-dealkylation sites (tertiary alicyclic amines) is 2. The number of thiocarbonyl (C=S) groups is 2. The highest BCUT2D eigenvalue weighted by atomic mass is 32.2. The van der Waals surface area contributed by atoms with Crippen LogP contribution in [-0.4, -0.2) is 90.1 Å². The normalized spacial score (nSPS) is 25.9. The van der Waals surface area contributed by atoms with Crippen LogP contribution in [0.25, 0.3) is 0 Å². The zero-order valence-electron chi connectivity index (χ0n) is 23.5. The summed E-state index contributed by atoms with van der Waals surface area (Å²) in [5.41, 5.74) is 0. The first-order chi connectivity index (χ1) is 19.3. The van der Waals surface area contributed by atoms with Gasteiger partial charge in [-0.15, -0.1) is 0 Å². The average Bonchev–Trinajstić information content (AvgIpc) is 3.41. The first kappa shape index (κ1) is 31.4. The molecule has 12 heteroatoms. The van der Waals surface area contributed by atoms with Crippen LogP contribution in [0.4, 0.5) is 0 Å². The van der Waals surface area contributed by atoms with Gasteiger partial charge < -0.3 is 9.80 Å². The summed E-state index contributed by atoms with van der Waals surface area (Å²) in [5, 5.41) is 0. The zero-order chi connectivity index (χ0) is 28.8. The van der Waals surface area contributed by atoms with Gasteiger partial charge in [-0.05, 0) is 64.2 Å². The monoisotopic (exact) mass is 624 g/mol. The molecule has 4 heterocycles. The maximum absolute atomic E-state index is 13.3. The van der Waals surface area contributed by atoms with Gasteiger partial charge in [0.05, 0.1) is 9.81 Å². The van der Waals surface area contributed by atoms with Crippen molar-refractivity contribution in [2.75, 3.05) is 26.2 Å². The van der Waals surface area contributed by atoms with E-state index in [0.29, 0.717) is 69.3 Å². The Balaban J connectivity index is 1.29. The van der Waals surface area contributed by atoms with E-state index in [9.17, 15) is 19.2 Å². The second-order valence-electron chi connectivity index (χ2n) is 10.8. The van der Waals surface area contributed by atoms with Crippen LogP contribution in [0.5, 0.6) is 0 Å². The van der Waals surface area contributed by atoms with Crippen LogP contribution in [0.15, 0.2) is 9.81 Å². The largest absolute Gasteiger partial charge is 0.340 e. The van der Waals surface area contributed by atoms with Crippen molar-refractivity contribution in [1.82, 2.24) is 19.6 Å². The number of piperidine rings is 2. The number of carbonyl (C=O) groups is 4. The van der Waals surface area contributed by atoms with Crippen LogP contribution in [0, 0.1) is 0 Å². The Bertz CT molecular complexity index is 999. The highest BCUT2D eigenvalue weighted by Gasteiger charge is 2.42. The Labute approximate surface area is 257 Å². The summed E-state index contributed by atoms with van der Waals surface area (Å²) in [6.45, 7) is 6.56. The third-order valence-corrected chi connectivity index (χ3v) is 11.3. The van der Waals surface area contributed by atoms with Crippen LogP contribution in [0.3, 0.4) is 0 Å². The minimum Gasteiger partial charge on any atom is -0.340 e. The summed E-state index contributed by atoms with van der Waals surface area (Å²) < 4.78 is 0.805. The van der Waals surface area contributed by atoms with Gasteiger partial charge in [-0.3, -0.25) is 29.0 Å². The van der Waals surface area contributed by atoms with Crippen molar-refractivity contribution in [3.05, 3.63) is 9.81 Å². The lowest BCUT2D eigenvalue weighted by Crippen LogP contribution is -2.43. The number of nitrogens with zero attached hydrogens (tertiary/aromatic N) is 4. The lowest BCUT2D eigenvalue weighted by atomic mass is 9.99. The van der Waals surface area contributed by atoms with Gasteiger partial charge in [0.15, 0.2) is 0 Å². The van der Waals surface area contributed by atoms with Crippen molar-refractivity contribution in [3.8, 4) is 0 Å². The van der Waals surface area contributed by atoms with E-state index in [4.69, 9.17) is 24.4 Å². The first-order valence-corrected chi connectivity index (χ1v) is 17.1. The summed E-state index contributed by atoms with van der Waals surface area (Å²) in [6.07, 6.45) is 10.3. The number of rotatable bonds is 10. The third-order valence-electron chi connectivity index (χ3n) is 8.29. The van der Waals surface area contributed by atoms with Crippen molar-refractivity contribution >= 4 is 80.2 Å². The molecule has 0 aromatic rings. The number of hydrogen-bond acceptors (Lipinski definition) is 8. The van der Waals surface area contributed by atoms with Crippen molar-refractivity contribution < 1.29 is 19.2 Å². The summed E-state index contributed by atoms with van der Waals surface area (Å²) >= 11 is 13.2. The van der Waals surface area contributed by atoms with Gasteiger partial charge in [0.2, 0.25) is 11.8 Å². The Morgan fingerprint density at radius 2 is 1.12 bits per heavy atom. The molecule has 0 aromatic heterocycles. The van der Waals surface area contributed by atoms with Gasteiger partial charge in [-0.2, -0.15) is 0 Å². The third kappa shape index (κ3) is 7.10. The molecule has 0 N–H and O–H groups in total. The summed E-state index contributed by atoms with van der Waals surface area (Å²) in [6, 6.07) is 0.631. The van der Waals surface area contributed by atoms with Crippen LogP contribution in [0.2, 0.25) is 0 Å². The second-order valence-corrected chi connectivity index (χ2v) is 14.1. The van der Waals surface area contributed by atoms with Gasteiger partial charge >= 0.3 is 0 Å². The van der Waals surface area contributed by atoms with Crippen molar-refractivity contribution in [2.24, 2.45) is 0 Å². The topological polar surface area (TPSA) is 81.2 Å². The van der Waals surface area contributed by atoms with E-state index in [-0.39, 0.29) is 23.6 Å². The number of amides is 4. The van der Waals surface area contributed by atoms with E-state index < -0.39 is 0 Å².